The molecule has 5 rings (SSSR count). The molecule has 1 aliphatic carbocycles. The average Bonchev–Trinajstić information content (AvgIpc) is 3.04. The maximum atomic E-state index is 13.2. The molecule has 3 unspecified atom stereocenters. The number of halogens is 4. The van der Waals surface area contributed by atoms with E-state index in [0.29, 0.717) is 24.3 Å². The Morgan fingerprint density at radius 2 is 1.75 bits per heavy atom. The van der Waals surface area contributed by atoms with E-state index >= 15 is 0 Å². The van der Waals surface area contributed by atoms with E-state index in [-0.39, 0.29) is 23.3 Å². The molecular formula is C23H21F4N3O2. The fourth-order valence-corrected chi connectivity index (χ4v) is 5.15. The van der Waals surface area contributed by atoms with Crippen molar-refractivity contribution in [1.29, 1.82) is 0 Å². The minimum atomic E-state index is -4.57. The minimum Gasteiger partial charge on any atom is -0.307 e. The van der Waals surface area contributed by atoms with Gasteiger partial charge in [-0.05, 0) is 60.1 Å². The van der Waals surface area contributed by atoms with Gasteiger partial charge >= 0.3 is 11.9 Å². The summed E-state index contributed by atoms with van der Waals surface area (Å²) < 4.78 is 53.2. The summed E-state index contributed by atoms with van der Waals surface area (Å²) in [5.41, 5.74) is -1.07. The van der Waals surface area contributed by atoms with Crippen molar-refractivity contribution < 1.29 is 17.6 Å². The first kappa shape index (κ1) is 20.9. The molecule has 9 heteroatoms. The van der Waals surface area contributed by atoms with Crippen molar-refractivity contribution >= 4 is 10.9 Å². The number of hydrogen-bond donors (Lipinski definition) is 1. The molecule has 2 heterocycles. The average molecular weight is 447 g/mol. The predicted molar refractivity (Wildman–Crippen MR) is 111 cm³/mol. The first-order valence-electron chi connectivity index (χ1n) is 10.5. The Bertz CT molecular complexity index is 1280. The Balaban J connectivity index is 1.31. The molecule has 0 bridgehead atoms. The van der Waals surface area contributed by atoms with Gasteiger partial charge in [-0.2, -0.15) is 13.2 Å². The largest absolute Gasteiger partial charge is 0.416 e. The Morgan fingerprint density at radius 3 is 2.47 bits per heavy atom. The van der Waals surface area contributed by atoms with Crippen LogP contribution in [0.15, 0.2) is 52.1 Å². The number of alkyl halides is 3. The zero-order valence-electron chi connectivity index (χ0n) is 17.0. The molecule has 2 aliphatic rings. The molecule has 5 nitrogen and oxygen atoms in total. The van der Waals surface area contributed by atoms with Gasteiger partial charge in [0.05, 0.1) is 16.5 Å². The Labute approximate surface area is 180 Å². The highest BCUT2D eigenvalue weighted by molar-refractivity contribution is 5.78. The molecule has 1 saturated heterocycles. The van der Waals surface area contributed by atoms with Gasteiger partial charge in [0.25, 0.3) is 5.56 Å². The van der Waals surface area contributed by atoms with Gasteiger partial charge in [0.15, 0.2) is 0 Å². The van der Waals surface area contributed by atoms with Crippen LogP contribution in [0, 0.1) is 17.7 Å². The second-order valence-electron chi connectivity index (χ2n) is 8.72. The maximum Gasteiger partial charge on any atom is 0.416 e. The lowest BCUT2D eigenvalue weighted by molar-refractivity contribution is -0.137. The number of H-pyrrole nitrogens is 1. The van der Waals surface area contributed by atoms with Crippen molar-refractivity contribution in [3.05, 3.63) is 80.2 Å². The van der Waals surface area contributed by atoms with Crippen molar-refractivity contribution in [2.45, 2.75) is 25.1 Å². The van der Waals surface area contributed by atoms with Crippen LogP contribution in [0.2, 0.25) is 0 Å². The Hall–Kier alpha value is -2.94. The number of rotatable bonds is 4. The van der Waals surface area contributed by atoms with Crippen molar-refractivity contribution in [2.24, 2.45) is 11.8 Å². The van der Waals surface area contributed by atoms with E-state index in [1.807, 2.05) is 12.1 Å². The summed E-state index contributed by atoms with van der Waals surface area (Å²) >= 11 is 0. The number of aromatic nitrogens is 2. The van der Waals surface area contributed by atoms with Crippen LogP contribution in [0.1, 0.15) is 23.5 Å². The molecule has 168 valence electrons. The van der Waals surface area contributed by atoms with Crippen LogP contribution in [-0.4, -0.2) is 34.1 Å². The Kier molecular flexibility index (Phi) is 4.96. The van der Waals surface area contributed by atoms with Gasteiger partial charge in [0.1, 0.15) is 5.82 Å². The van der Waals surface area contributed by atoms with E-state index in [4.69, 9.17) is 0 Å². The summed E-state index contributed by atoms with van der Waals surface area (Å²) in [6.07, 6.45) is -3.55. The number of nitrogens with zero attached hydrogens (tertiary/aromatic N) is 2. The highest BCUT2D eigenvalue weighted by atomic mass is 19.4. The Morgan fingerprint density at radius 1 is 1.00 bits per heavy atom. The van der Waals surface area contributed by atoms with Gasteiger partial charge in [-0.1, -0.05) is 12.1 Å². The molecule has 32 heavy (non-hydrogen) atoms. The molecule has 1 saturated carbocycles. The van der Waals surface area contributed by atoms with Crippen molar-refractivity contribution in [1.82, 2.24) is 14.5 Å². The van der Waals surface area contributed by atoms with Crippen LogP contribution >= 0.6 is 0 Å². The lowest BCUT2D eigenvalue weighted by Crippen LogP contribution is -2.38. The van der Waals surface area contributed by atoms with E-state index in [1.54, 1.807) is 0 Å². The molecule has 1 N–H and O–H groups in total. The van der Waals surface area contributed by atoms with Gasteiger partial charge in [-0.3, -0.25) is 9.36 Å². The minimum absolute atomic E-state index is 0.0885. The number of fused-ring (bicyclic) bond motifs is 2. The normalized spacial score (nSPS) is 23.3. The van der Waals surface area contributed by atoms with Crippen LogP contribution in [0.5, 0.6) is 0 Å². The molecule has 1 aliphatic heterocycles. The number of benzene rings is 2. The number of aromatic amines is 1. The summed E-state index contributed by atoms with van der Waals surface area (Å²) in [5.74, 6) is 1.08. The first-order chi connectivity index (χ1) is 15.2. The molecular weight excluding hydrogens is 426 g/mol. The van der Waals surface area contributed by atoms with Gasteiger partial charge in [-0.25, -0.2) is 9.18 Å². The highest BCUT2D eigenvalue weighted by Gasteiger charge is 2.47. The molecule has 1 aromatic heterocycles. The second-order valence-corrected chi connectivity index (χ2v) is 8.72. The van der Waals surface area contributed by atoms with E-state index in [2.05, 4.69) is 9.88 Å². The zero-order valence-corrected chi connectivity index (χ0v) is 17.0. The maximum absolute atomic E-state index is 13.2. The summed E-state index contributed by atoms with van der Waals surface area (Å²) in [6.45, 7) is 2.21. The summed E-state index contributed by atoms with van der Waals surface area (Å²) in [4.78, 5) is 29.8. The number of nitrogens with one attached hydrogen (secondary N) is 1. The summed E-state index contributed by atoms with van der Waals surface area (Å²) in [7, 11) is 0. The van der Waals surface area contributed by atoms with Crippen LogP contribution in [-0.2, 0) is 12.7 Å². The standard InChI is InChI=1S/C23H21F4N3O2/c24-16-4-1-13(2-5-16)17-9-14-11-29(12-19(14)17)7-8-30-21(31)18-10-15(23(25,26)27)3-6-20(18)28-22(30)32/h1-6,10,14,17,19H,7-9,11-12H2,(H,28,32). The van der Waals surface area contributed by atoms with E-state index in [0.717, 1.165) is 47.8 Å². The molecule has 3 aromatic rings. The lowest BCUT2D eigenvalue weighted by atomic mass is 9.64. The van der Waals surface area contributed by atoms with E-state index in [9.17, 15) is 27.2 Å². The predicted octanol–water partition coefficient (Wildman–Crippen LogP) is 3.58. The van der Waals surface area contributed by atoms with Crippen molar-refractivity contribution in [2.75, 3.05) is 19.6 Å². The van der Waals surface area contributed by atoms with E-state index in [1.165, 1.54) is 12.1 Å². The van der Waals surface area contributed by atoms with Crippen LogP contribution < -0.4 is 11.2 Å². The molecule has 0 spiro atoms. The SMILES string of the molecule is O=c1[nH]c2ccc(C(F)(F)F)cc2c(=O)n1CCN1CC2CC(c3ccc(F)cc3)C2C1. The first-order valence-corrected chi connectivity index (χ1v) is 10.5. The summed E-state index contributed by atoms with van der Waals surface area (Å²) in [6, 6.07) is 9.33. The topological polar surface area (TPSA) is 58.1 Å². The summed E-state index contributed by atoms with van der Waals surface area (Å²) in [5, 5.41) is -0.155. The van der Waals surface area contributed by atoms with Gasteiger partial charge < -0.3 is 9.88 Å². The fraction of sp³-hybridized carbons (Fsp3) is 0.391. The molecule has 3 atom stereocenters. The third-order valence-corrected chi connectivity index (χ3v) is 6.89. The zero-order chi connectivity index (χ0) is 22.6. The highest BCUT2D eigenvalue weighted by Crippen LogP contribution is 2.51. The quantitative estimate of drug-likeness (QED) is 0.622. The second kappa shape index (κ2) is 7.58. The van der Waals surface area contributed by atoms with Gasteiger partial charge in [0, 0.05) is 26.2 Å². The molecule has 0 amide bonds. The fourth-order valence-electron chi connectivity index (χ4n) is 5.15. The van der Waals surface area contributed by atoms with Crippen LogP contribution in [0.4, 0.5) is 17.6 Å². The smallest absolute Gasteiger partial charge is 0.307 e. The van der Waals surface area contributed by atoms with Crippen molar-refractivity contribution in [3.8, 4) is 0 Å². The van der Waals surface area contributed by atoms with Gasteiger partial charge in [0.2, 0.25) is 0 Å². The monoisotopic (exact) mass is 447 g/mol. The molecule has 0 radical (unpaired) electrons. The van der Waals surface area contributed by atoms with Gasteiger partial charge in [-0.15, -0.1) is 0 Å². The number of hydrogen-bond acceptors (Lipinski definition) is 3. The van der Waals surface area contributed by atoms with Crippen LogP contribution in [0.25, 0.3) is 10.9 Å². The number of likely N-dealkylation sites (tertiary alicyclic amines) is 1. The van der Waals surface area contributed by atoms with Crippen molar-refractivity contribution in [3.63, 3.8) is 0 Å². The third kappa shape index (κ3) is 3.64. The molecule has 2 aromatic carbocycles. The van der Waals surface area contributed by atoms with Crippen LogP contribution in [0.3, 0.4) is 0 Å². The molecule has 2 fully saturated rings. The lowest BCUT2D eigenvalue weighted by Gasteiger charge is -2.40. The van der Waals surface area contributed by atoms with E-state index < -0.39 is 23.0 Å². The third-order valence-electron chi connectivity index (χ3n) is 6.89.